The average molecular weight is 338 g/mol. The van der Waals surface area contributed by atoms with Gasteiger partial charge in [0, 0.05) is 24.1 Å². The van der Waals surface area contributed by atoms with Gasteiger partial charge in [-0.15, -0.1) is 0 Å². The molecule has 1 heterocycles. The lowest BCUT2D eigenvalue weighted by molar-refractivity contribution is 0.242. The van der Waals surface area contributed by atoms with Crippen molar-refractivity contribution in [3.63, 3.8) is 0 Å². The summed E-state index contributed by atoms with van der Waals surface area (Å²) in [6.45, 7) is 1.94. The van der Waals surface area contributed by atoms with E-state index in [0.29, 0.717) is 23.7 Å². The van der Waals surface area contributed by atoms with Crippen LogP contribution in [-0.2, 0) is 0 Å². The van der Waals surface area contributed by atoms with Crippen LogP contribution in [0.4, 0.5) is 10.5 Å². The Bertz CT molecular complexity index is 765. The first-order chi connectivity index (χ1) is 12.2. The fourth-order valence-corrected chi connectivity index (χ4v) is 4.03. The molecule has 0 radical (unpaired) electrons. The molecule has 6 nitrogen and oxygen atoms in total. The van der Waals surface area contributed by atoms with Crippen LogP contribution in [-0.4, -0.2) is 22.0 Å². The minimum absolute atomic E-state index is 0.124. The number of hydrogen-bond acceptors (Lipinski definition) is 4. The molecule has 2 N–H and O–H groups in total. The van der Waals surface area contributed by atoms with Crippen molar-refractivity contribution in [2.45, 2.75) is 38.6 Å². The second-order valence-electron chi connectivity index (χ2n) is 6.99. The molecule has 0 spiro atoms. The van der Waals surface area contributed by atoms with Crippen molar-refractivity contribution in [3.05, 3.63) is 42.2 Å². The van der Waals surface area contributed by atoms with Crippen LogP contribution in [0.1, 0.15) is 31.2 Å². The van der Waals surface area contributed by atoms with Crippen LogP contribution in [0.5, 0.6) is 11.8 Å². The maximum absolute atomic E-state index is 12.3. The zero-order valence-corrected chi connectivity index (χ0v) is 14.2. The number of aromatic nitrogens is 2. The van der Waals surface area contributed by atoms with Gasteiger partial charge >= 0.3 is 12.0 Å². The number of benzene rings is 1. The highest BCUT2D eigenvalue weighted by Crippen LogP contribution is 2.44. The van der Waals surface area contributed by atoms with Crippen LogP contribution >= 0.6 is 0 Å². The number of aryl methyl sites for hydroxylation is 1. The summed E-state index contributed by atoms with van der Waals surface area (Å²) in [4.78, 5) is 20.4. The Labute approximate surface area is 147 Å². The molecule has 2 aliphatic rings. The van der Waals surface area contributed by atoms with Crippen molar-refractivity contribution in [3.8, 4) is 11.8 Å². The Morgan fingerprint density at radius 3 is 2.72 bits per heavy atom. The number of nitrogens with one attached hydrogen (secondary N) is 2. The molecule has 2 saturated carbocycles. The van der Waals surface area contributed by atoms with E-state index >= 15 is 0 Å². The van der Waals surface area contributed by atoms with Crippen LogP contribution in [0.2, 0.25) is 0 Å². The number of carbonyl (C=O) groups excluding carboxylic acids is 1. The van der Waals surface area contributed by atoms with Crippen molar-refractivity contribution >= 4 is 11.7 Å². The lowest BCUT2D eigenvalue weighted by Crippen LogP contribution is -2.41. The van der Waals surface area contributed by atoms with Gasteiger partial charge in [-0.05, 0) is 67.9 Å². The topological polar surface area (TPSA) is 76.1 Å². The quantitative estimate of drug-likeness (QED) is 0.887. The third-order valence-electron chi connectivity index (χ3n) is 5.25. The number of carbonyl (C=O) groups is 1. The number of fused-ring (bicyclic) bond motifs is 2. The van der Waals surface area contributed by atoms with E-state index in [1.54, 1.807) is 24.5 Å². The first-order valence-electron chi connectivity index (χ1n) is 8.80. The maximum atomic E-state index is 12.3. The molecule has 1 aromatic carbocycles. The van der Waals surface area contributed by atoms with Gasteiger partial charge in [0.05, 0.1) is 0 Å². The van der Waals surface area contributed by atoms with E-state index in [9.17, 15) is 4.79 Å². The van der Waals surface area contributed by atoms with E-state index in [1.807, 2.05) is 19.1 Å². The molecule has 2 fully saturated rings. The fraction of sp³-hybridized carbons (Fsp3) is 0.421. The summed E-state index contributed by atoms with van der Waals surface area (Å²) in [6, 6.07) is 7.75. The van der Waals surface area contributed by atoms with Gasteiger partial charge in [-0.3, -0.25) is 0 Å². The van der Waals surface area contributed by atoms with Crippen molar-refractivity contribution in [1.82, 2.24) is 15.3 Å². The van der Waals surface area contributed by atoms with Gasteiger partial charge in [-0.25, -0.2) is 14.8 Å². The van der Waals surface area contributed by atoms with Crippen LogP contribution in [0, 0.1) is 18.8 Å². The maximum Gasteiger partial charge on any atom is 0.321 e. The smallest absolute Gasteiger partial charge is 0.321 e. The largest absolute Gasteiger partial charge is 0.424 e. The Kier molecular flexibility index (Phi) is 4.26. The summed E-state index contributed by atoms with van der Waals surface area (Å²) < 4.78 is 5.61. The first kappa shape index (κ1) is 15.9. The lowest BCUT2D eigenvalue weighted by Gasteiger charge is -2.23. The monoisotopic (exact) mass is 338 g/mol. The van der Waals surface area contributed by atoms with Crippen LogP contribution in [0.25, 0.3) is 0 Å². The van der Waals surface area contributed by atoms with E-state index < -0.39 is 0 Å². The number of ether oxygens (including phenoxy) is 1. The highest BCUT2D eigenvalue weighted by molar-refractivity contribution is 5.90. The number of rotatable bonds is 4. The van der Waals surface area contributed by atoms with E-state index in [1.165, 1.54) is 19.3 Å². The second-order valence-corrected chi connectivity index (χ2v) is 6.99. The molecule has 6 heteroatoms. The van der Waals surface area contributed by atoms with E-state index in [0.717, 1.165) is 23.6 Å². The zero-order valence-electron chi connectivity index (χ0n) is 14.2. The summed E-state index contributed by atoms with van der Waals surface area (Å²) >= 11 is 0. The van der Waals surface area contributed by atoms with Gasteiger partial charge in [-0.2, -0.15) is 0 Å². The van der Waals surface area contributed by atoms with Crippen molar-refractivity contribution in [1.29, 1.82) is 0 Å². The molecule has 0 saturated heterocycles. The molecule has 130 valence electrons. The van der Waals surface area contributed by atoms with Gasteiger partial charge in [-0.1, -0.05) is 6.42 Å². The number of urea groups is 1. The van der Waals surface area contributed by atoms with Crippen molar-refractivity contribution in [2.24, 2.45) is 11.8 Å². The number of nitrogens with zero attached hydrogens (tertiary/aromatic N) is 2. The Balaban J connectivity index is 1.36. The minimum Gasteiger partial charge on any atom is -0.424 e. The van der Waals surface area contributed by atoms with Gasteiger partial charge in [0.25, 0.3) is 0 Å². The SMILES string of the molecule is Cc1cc(Oc2ncccn2)ccc1NC(=O)N[C@H]1C[C@H]2CC[C@H]1C2. The Morgan fingerprint density at radius 1 is 1.20 bits per heavy atom. The highest BCUT2D eigenvalue weighted by atomic mass is 16.5. The van der Waals surface area contributed by atoms with Crippen molar-refractivity contribution in [2.75, 3.05) is 5.32 Å². The number of hydrogen-bond donors (Lipinski definition) is 2. The molecular formula is C19H22N4O2. The van der Waals surface area contributed by atoms with Gasteiger partial charge in [0.1, 0.15) is 5.75 Å². The van der Waals surface area contributed by atoms with Gasteiger partial charge in [0.15, 0.2) is 0 Å². The molecule has 4 rings (SSSR count). The minimum atomic E-state index is -0.124. The summed E-state index contributed by atoms with van der Waals surface area (Å²) in [5.74, 6) is 2.12. The summed E-state index contributed by atoms with van der Waals surface area (Å²) in [5.41, 5.74) is 1.71. The number of amides is 2. The molecule has 25 heavy (non-hydrogen) atoms. The molecule has 3 atom stereocenters. The summed E-state index contributed by atoms with van der Waals surface area (Å²) in [6.07, 6.45) is 8.24. The lowest BCUT2D eigenvalue weighted by atomic mass is 9.95. The second kappa shape index (κ2) is 6.70. The van der Waals surface area contributed by atoms with Crippen LogP contribution < -0.4 is 15.4 Å². The summed E-state index contributed by atoms with van der Waals surface area (Å²) in [5, 5.41) is 6.09. The molecule has 1 aromatic heterocycles. The van der Waals surface area contributed by atoms with E-state index in [4.69, 9.17) is 4.74 Å². The predicted molar refractivity (Wildman–Crippen MR) is 94.7 cm³/mol. The first-order valence-corrected chi connectivity index (χ1v) is 8.80. The molecule has 2 amide bonds. The number of anilines is 1. The third-order valence-corrected chi connectivity index (χ3v) is 5.25. The van der Waals surface area contributed by atoms with Crippen LogP contribution in [0.3, 0.4) is 0 Å². The predicted octanol–water partition coefficient (Wildman–Crippen LogP) is 3.89. The van der Waals surface area contributed by atoms with Gasteiger partial charge < -0.3 is 15.4 Å². The van der Waals surface area contributed by atoms with Crippen molar-refractivity contribution < 1.29 is 9.53 Å². The standard InChI is InChI=1S/C19H22N4O2/c1-12-9-15(25-19-20-7-2-8-21-19)5-6-16(12)22-18(24)23-17-11-13-3-4-14(17)10-13/h2,5-9,13-14,17H,3-4,10-11H2,1H3,(H2,22,23,24)/t13-,14-,17-/m0/s1. The fourth-order valence-electron chi connectivity index (χ4n) is 4.03. The Hall–Kier alpha value is -2.63. The van der Waals surface area contributed by atoms with E-state index in [-0.39, 0.29) is 6.03 Å². The van der Waals surface area contributed by atoms with E-state index in [2.05, 4.69) is 20.6 Å². The molecule has 2 bridgehead atoms. The van der Waals surface area contributed by atoms with Crippen LogP contribution in [0.15, 0.2) is 36.7 Å². The van der Waals surface area contributed by atoms with Gasteiger partial charge in [0.2, 0.25) is 0 Å². The Morgan fingerprint density at radius 2 is 2.04 bits per heavy atom. The molecule has 0 unspecified atom stereocenters. The molecule has 0 aliphatic heterocycles. The highest BCUT2D eigenvalue weighted by Gasteiger charge is 2.40. The molecular weight excluding hydrogens is 316 g/mol. The molecule has 2 aliphatic carbocycles. The third kappa shape index (κ3) is 3.57. The average Bonchev–Trinajstić information content (AvgIpc) is 3.21. The zero-order chi connectivity index (χ0) is 17.2. The summed E-state index contributed by atoms with van der Waals surface area (Å²) in [7, 11) is 0. The normalized spacial score (nSPS) is 24.1. The molecule has 2 aromatic rings.